The number of hydrogen-bond acceptors (Lipinski definition) is 5. The van der Waals surface area contributed by atoms with Crippen LogP contribution in [0.5, 0.6) is 0 Å². The number of carbonyl (C=O) groups excluding carboxylic acids is 2. The first-order valence-electron chi connectivity index (χ1n) is 10.3. The summed E-state index contributed by atoms with van der Waals surface area (Å²) in [5.74, 6) is -0.552. The molecule has 0 N–H and O–H groups in total. The van der Waals surface area contributed by atoms with Crippen molar-refractivity contribution in [3.63, 3.8) is 0 Å². The maximum Gasteiger partial charge on any atom is 0.339 e. The number of rotatable bonds is 4. The average Bonchev–Trinajstić information content (AvgIpc) is 3.53. The Morgan fingerprint density at radius 2 is 1.93 bits per heavy atom. The van der Waals surface area contributed by atoms with Crippen molar-refractivity contribution in [2.75, 3.05) is 19.7 Å². The Bertz CT molecular complexity index is 1140. The molecule has 3 aromatic rings. The van der Waals surface area contributed by atoms with Gasteiger partial charge < -0.3 is 9.64 Å². The first kappa shape index (κ1) is 19.0. The van der Waals surface area contributed by atoms with Crippen LogP contribution in [0.25, 0.3) is 22.6 Å². The number of thiophene rings is 1. The molecule has 1 fully saturated rings. The summed E-state index contributed by atoms with van der Waals surface area (Å²) in [6.45, 7) is 1.30. The molecular formula is C24H22N2O3S. The van der Waals surface area contributed by atoms with Gasteiger partial charge in [-0.2, -0.15) is 0 Å². The predicted molar refractivity (Wildman–Crippen MR) is 118 cm³/mol. The van der Waals surface area contributed by atoms with Gasteiger partial charge in [0.2, 0.25) is 0 Å². The number of para-hydroxylation sites is 1. The Hall–Kier alpha value is -2.99. The standard InChI is InChI=1S/C24H22N2O3S/c27-21(26-11-3-4-12-26)15-29-24(28)22-18-7-1-2-8-20(18)25-23-16(9-10-19(22)23)14-17-6-5-13-30-17/h1-2,5-8,13-14H,3-4,9-12,15H2/b16-14+. The van der Waals surface area contributed by atoms with Gasteiger partial charge in [-0.25, -0.2) is 9.78 Å². The molecule has 30 heavy (non-hydrogen) atoms. The summed E-state index contributed by atoms with van der Waals surface area (Å²) < 4.78 is 5.50. The lowest BCUT2D eigenvalue weighted by Crippen LogP contribution is -2.32. The van der Waals surface area contributed by atoms with Crippen LogP contribution < -0.4 is 0 Å². The molecule has 1 saturated heterocycles. The molecule has 3 heterocycles. The van der Waals surface area contributed by atoms with E-state index in [1.807, 2.05) is 30.3 Å². The van der Waals surface area contributed by atoms with Crippen molar-refractivity contribution in [3.8, 4) is 0 Å². The molecule has 1 aliphatic heterocycles. The minimum Gasteiger partial charge on any atom is -0.452 e. The Morgan fingerprint density at radius 3 is 2.73 bits per heavy atom. The molecule has 2 aromatic heterocycles. The second-order valence-electron chi connectivity index (χ2n) is 7.68. The van der Waals surface area contributed by atoms with Gasteiger partial charge in [-0.05, 0) is 60.4 Å². The number of allylic oxidation sites excluding steroid dienone is 1. The quantitative estimate of drug-likeness (QED) is 0.583. The lowest BCUT2D eigenvalue weighted by Gasteiger charge is -2.16. The fourth-order valence-electron chi connectivity index (χ4n) is 4.31. The van der Waals surface area contributed by atoms with Crippen molar-refractivity contribution in [1.82, 2.24) is 9.88 Å². The number of likely N-dealkylation sites (tertiary alicyclic amines) is 1. The maximum atomic E-state index is 13.1. The topological polar surface area (TPSA) is 59.5 Å². The smallest absolute Gasteiger partial charge is 0.339 e. The molecule has 0 bridgehead atoms. The third kappa shape index (κ3) is 3.52. The van der Waals surface area contributed by atoms with Crippen molar-refractivity contribution in [2.24, 2.45) is 0 Å². The summed E-state index contributed by atoms with van der Waals surface area (Å²) in [7, 11) is 0. The van der Waals surface area contributed by atoms with E-state index >= 15 is 0 Å². The number of esters is 1. The molecule has 6 heteroatoms. The molecule has 0 spiro atoms. The molecule has 5 nitrogen and oxygen atoms in total. The van der Waals surface area contributed by atoms with Gasteiger partial charge in [0.1, 0.15) is 0 Å². The van der Waals surface area contributed by atoms with Crippen LogP contribution in [0.3, 0.4) is 0 Å². The molecule has 0 atom stereocenters. The zero-order chi connectivity index (χ0) is 20.5. The zero-order valence-electron chi connectivity index (χ0n) is 16.6. The number of ether oxygens (including phenoxy) is 1. The highest BCUT2D eigenvalue weighted by Crippen LogP contribution is 2.38. The van der Waals surface area contributed by atoms with Crippen molar-refractivity contribution in [3.05, 3.63) is 63.5 Å². The Morgan fingerprint density at radius 1 is 1.10 bits per heavy atom. The molecule has 0 unspecified atom stereocenters. The molecule has 1 aromatic carbocycles. The monoisotopic (exact) mass is 418 g/mol. The Kier molecular flexibility index (Phi) is 5.09. The minimum absolute atomic E-state index is 0.117. The van der Waals surface area contributed by atoms with Crippen molar-refractivity contribution in [2.45, 2.75) is 25.7 Å². The number of hydrogen-bond donors (Lipinski definition) is 0. The van der Waals surface area contributed by atoms with Crippen LogP contribution in [0.15, 0.2) is 41.8 Å². The van der Waals surface area contributed by atoms with E-state index in [1.54, 1.807) is 16.2 Å². The summed E-state index contributed by atoms with van der Waals surface area (Å²) in [4.78, 5) is 33.3. The van der Waals surface area contributed by atoms with E-state index in [0.29, 0.717) is 5.56 Å². The van der Waals surface area contributed by atoms with Gasteiger partial charge in [0, 0.05) is 23.4 Å². The predicted octanol–water partition coefficient (Wildman–Crippen LogP) is 4.56. The highest BCUT2D eigenvalue weighted by atomic mass is 32.1. The van der Waals surface area contributed by atoms with Crippen LogP contribution >= 0.6 is 11.3 Å². The minimum atomic E-state index is -0.435. The molecule has 152 valence electrons. The molecule has 1 amide bonds. The van der Waals surface area contributed by atoms with Crippen molar-refractivity contribution in [1.29, 1.82) is 0 Å². The highest BCUT2D eigenvalue weighted by molar-refractivity contribution is 7.10. The highest BCUT2D eigenvalue weighted by Gasteiger charge is 2.28. The van der Waals surface area contributed by atoms with Gasteiger partial charge in [-0.15, -0.1) is 11.3 Å². The van der Waals surface area contributed by atoms with E-state index < -0.39 is 5.97 Å². The zero-order valence-corrected chi connectivity index (χ0v) is 17.4. The molecule has 0 saturated carbocycles. The van der Waals surface area contributed by atoms with Crippen LogP contribution in [0.4, 0.5) is 0 Å². The van der Waals surface area contributed by atoms with Crippen molar-refractivity contribution < 1.29 is 14.3 Å². The number of benzene rings is 1. The van der Waals surface area contributed by atoms with E-state index in [2.05, 4.69) is 17.5 Å². The number of aromatic nitrogens is 1. The van der Waals surface area contributed by atoms with Crippen LogP contribution in [-0.4, -0.2) is 41.5 Å². The average molecular weight is 419 g/mol. The van der Waals surface area contributed by atoms with E-state index in [1.165, 1.54) is 4.88 Å². The van der Waals surface area contributed by atoms with Crippen LogP contribution in [0.2, 0.25) is 0 Å². The lowest BCUT2D eigenvalue weighted by molar-refractivity contribution is -0.133. The number of pyridine rings is 1. The summed E-state index contributed by atoms with van der Waals surface area (Å²) in [6, 6.07) is 11.8. The summed E-state index contributed by atoms with van der Waals surface area (Å²) >= 11 is 1.68. The number of nitrogens with zero attached hydrogens (tertiary/aromatic N) is 2. The third-order valence-electron chi connectivity index (χ3n) is 5.79. The Balaban J connectivity index is 1.50. The van der Waals surface area contributed by atoms with Crippen LogP contribution in [0.1, 0.15) is 45.8 Å². The number of fused-ring (bicyclic) bond motifs is 2. The van der Waals surface area contributed by atoms with E-state index in [0.717, 1.165) is 66.5 Å². The van der Waals surface area contributed by atoms with Crippen molar-refractivity contribution >= 4 is 45.8 Å². The Labute approximate surface area is 179 Å². The molecule has 5 rings (SSSR count). The van der Waals surface area contributed by atoms with Gasteiger partial charge in [0.15, 0.2) is 6.61 Å². The second kappa shape index (κ2) is 8.03. The van der Waals surface area contributed by atoms with Gasteiger partial charge >= 0.3 is 5.97 Å². The van der Waals surface area contributed by atoms with Gasteiger partial charge in [-0.3, -0.25) is 4.79 Å². The van der Waals surface area contributed by atoms with E-state index in [9.17, 15) is 9.59 Å². The number of amides is 1. The fraction of sp³-hybridized carbons (Fsp3) is 0.292. The van der Waals surface area contributed by atoms with Gasteiger partial charge in [0.25, 0.3) is 5.91 Å². The molecule has 0 radical (unpaired) electrons. The molecular weight excluding hydrogens is 396 g/mol. The fourth-order valence-corrected chi connectivity index (χ4v) is 5.00. The summed E-state index contributed by atoms with van der Waals surface area (Å²) in [5, 5.41) is 2.84. The molecule has 2 aliphatic rings. The summed E-state index contributed by atoms with van der Waals surface area (Å²) in [5.41, 5.74) is 4.27. The first-order valence-corrected chi connectivity index (χ1v) is 11.2. The van der Waals surface area contributed by atoms with Gasteiger partial charge in [0.05, 0.1) is 16.8 Å². The van der Waals surface area contributed by atoms with Crippen LogP contribution in [0, 0.1) is 0 Å². The lowest BCUT2D eigenvalue weighted by atomic mass is 10.0. The first-order chi connectivity index (χ1) is 14.7. The SMILES string of the molecule is O=C(OCC(=O)N1CCCC1)c1c2c(nc3ccccc13)/C(=C/c1cccs1)CC2. The maximum absolute atomic E-state index is 13.1. The largest absolute Gasteiger partial charge is 0.452 e. The molecule has 1 aliphatic carbocycles. The third-order valence-corrected chi connectivity index (χ3v) is 6.61. The van der Waals surface area contributed by atoms with E-state index in [4.69, 9.17) is 9.72 Å². The summed E-state index contributed by atoms with van der Waals surface area (Å²) in [6.07, 6.45) is 5.77. The van der Waals surface area contributed by atoms with E-state index in [-0.39, 0.29) is 12.5 Å². The second-order valence-corrected chi connectivity index (χ2v) is 8.66. The van der Waals surface area contributed by atoms with Gasteiger partial charge in [-0.1, -0.05) is 24.3 Å². The normalized spacial score (nSPS) is 16.9. The number of carbonyl (C=O) groups is 2. The van der Waals surface area contributed by atoms with Crippen LogP contribution in [-0.2, 0) is 16.0 Å².